The van der Waals surface area contributed by atoms with Gasteiger partial charge in [0.2, 0.25) is 5.91 Å². The van der Waals surface area contributed by atoms with E-state index >= 15 is 0 Å². The van der Waals surface area contributed by atoms with Crippen molar-refractivity contribution in [3.63, 3.8) is 0 Å². The van der Waals surface area contributed by atoms with Crippen molar-refractivity contribution < 1.29 is 13.6 Å². The number of hydrogen-bond acceptors (Lipinski definition) is 4. The quantitative estimate of drug-likeness (QED) is 0.731. The summed E-state index contributed by atoms with van der Waals surface area (Å²) in [6, 6.07) is 9.67. The molecule has 1 amide bonds. The van der Waals surface area contributed by atoms with Crippen LogP contribution in [-0.2, 0) is 17.9 Å². The van der Waals surface area contributed by atoms with Gasteiger partial charge in [0.1, 0.15) is 6.54 Å². The molecule has 0 saturated carbocycles. The Hall–Kier alpha value is -3.07. The largest absolute Gasteiger partial charge is 0.368 e. The fraction of sp³-hybridized carbons (Fsp3) is 0.125. The molecule has 0 aliphatic rings. The van der Waals surface area contributed by atoms with E-state index in [0.717, 1.165) is 21.5 Å². The first-order chi connectivity index (χ1) is 12.4. The summed E-state index contributed by atoms with van der Waals surface area (Å²) in [6.45, 7) is -0.383. The molecule has 26 heavy (non-hydrogen) atoms. The van der Waals surface area contributed by atoms with Gasteiger partial charge in [0.25, 0.3) is 0 Å². The maximum absolute atomic E-state index is 13.1. The van der Waals surface area contributed by atoms with E-state index in [1.807, 2.05) is 0 Å². The number of amides is 1. The molecule has 7 nitrogen and oxygen atoms in total. The van der Waals surface area contributed by atoms with Crippen molar-refractivity contribution in [3.8, 4) is 5.69 Å². The number of halogens is 3. The Morgan fingerprint density at radius 2 is 1.81 bits per heavy atom. The fourth-order valence-electron chi connectivity index (χ4n) is 2.16. The number of carbonyl (C=O) groups excluding carboxylic acids is 1. The Morgan fingerprint density at radius 1 is 1.08 bits per heavy atom. The molecule has 1 heterocycles. The first kappa shape index (κ1) is 17.7. The van der Waals surface area contributed by atoms with E-state index in [9.17, 15) is 18.4 Å². The van der Waals surface area contributed by atoms with Gasteiger partial charge in [0.15, 0.2) is 11.6 Å². The molecule has 0 spiro atoms. The topological polar surface area (TPSA) is 81.8 Å². The average molecular weight is 380 g/mol. The van der Waals surface area contributed by atoms with Crippen LogP contribution in [-0.4, -0.2) is 25.7 Å². The van der Waals surface area contributed by atoms with Crippen molar-refractivity contribution in [2.45, 2.75) is 13.1 Å². The smallest absolute Gasteiger partial charge is 0.350 e. The van der Waals surface area contributed by atoms with Crippen LogP contribution in [0.15, 0.2) is 47.3 Å². The molecule has 3 aromatic rings. The second-order valence-corrected chi connectivity index (χ2v) is 5.77. The lowest BCUT2D eigenvalue weighted by Gasteiger charge is -2.05. The van der Waals surface area contributed by atoms with Crippen molar-refractivity contribution in [3.05, 3.63) is 75.2 Å². The third-order valence-electron chi connectivity index (χ3n) is 3.48. The third-order valence-corrected chi connectivity index (χ3v) is 3.73. The van der Waals surface area contributed by atoms with Gasteiger partial charge in [0.05, 0.1) is 5.69 Å². The fourth-order valence-corrected chi connectivity index (χ4v) is 2.29. The lowest BCUT2D eigenvalue weighted by molar-refractivity contribution is -0.122. The van der Waals surface area contributed by atoms with E-state index in [1.54, 1.807) is 24.3 Å². The van der Waals surface area contributed by atoms with Gasteiger partial charge in [0, 0.05) is 11.6 Å². The van der Waals surface area contributed by atoms with Crippen LogP contribution in [0.3, 0.4) is 0 Å². The lowest BCUT2D eigenvalue weighted by atomic mass is 10.2. The molecule has 0 unspecified atom stereocenters. The third kappa shape index (κ3) is 3.94. The van der Waals surface area contributed by atoms with Gasteiger partial charge in [-0.3, -0.25) is 4.79 Å². The summed E-state index contributed by atoms with van der Waals surface area (Å²) in [5, 5.41) is 10.4. The minimum absolute atomic E-state index is 0.0178. The number of rotatable bonds is 5. The highest BCUT2D eigenvalue weighted by molar-refractivity contribution is 6.30. The van der Waals surface area contributed by atoms with Gasteiger partial charge in [-0.15, -0.1) is 0 Å². The molecular formula is C16H12ClF2N5O2. The molecule has 2 aromatic carbocycles. The van der Waals surface area contributed by atoms with Gasteiger partial charge in [-0.25, -0.2) is 13.6 Å². The number of nitrogens with one attached hydrogen (secondary N) is 1. The maximum Gasteiger partial charge on any atom is 0.368 e. The average Bonchev–Trinajstić information content (AvgIpc) is 2.97. The summed E-state index contributed by atoms with van der Waals surface area (Å²) in [6.07, 6.45) is 0. The minimum atomic E-state index is -1.00. The Labute approximate surface area is 150 Å². The number of benzene rings is 2. The molecule has 0 radical (unpaired) electrons. The Bertz CT molecular complexity index is 1000. The van der Waals surface area contributed by atoms with E-state index in [-0.39, 0.29) is 13.1 Å². The minimum Gasteiger partial charge on any atom is -0.350 e. The summed E-state index contributed by atoms with van der Waals surface area (Å²) in [4.78, 5) is 24.2. The van der Waals surface area contributed by atoms with E-state index in [2.05, 4.69) is 15.7 Å². The SMILES string of the molecule is O=C(Cn1nnn(-c2ccc(Cl)cc2)c1=O)NCc1ccc(F)c(F)c1. The predicted octanol–water partition coefficient (Wildman–Crippen LogP) is 1.68. The first-order valence-corrected chi connectivity index (χ1v) is 7.81. The van der Waals surface area contributed by atoms with Crippen LogP contribution in [0, 0.1) is 11.6 Å². The highest BCUT2D eigenvalue weighted by Gasteiger charge is 2.12. The van der Waals surface area contributed by atoms with Gasteiger partial charge in [-0.1, -0.05) is 17.7 Å². The van der Waals surface area contributed by atoms with Gasteiger partial charge in [-0.2, -0.15) is 9.36 Å². The molecule has 1 N–H and O–H groups in total. The summed E-state index contributed by atoms with van der Waals surface area (Å²) in [5.74, 6) is -2.50. The first-order valence-electron chi connectivity index (χ1n) is 7.43. The zero-order chi connectivity index (χ0) is 18.7. The standard InChI is InChI=1S/C16H12ClF2N5O2/c17-11-2-4-12(5-3-11)24-16(26)23(21-22-24)9-15(25)20-8-10-1-6-13(18)14(19)7-10/h1-7H,8-9H2,(H,20,25). The number of tetrazole rings is 1. The molecule has 0 fully saturated rings. The summed E-state index contributed by atoms with van der Waals surface area (Å²) >= 11 is 5.79. The van der Waals surface area contributed by atoms with Crippen LogP contribution in [0.4, 0.5) is 8.78 Å². The maximum atomic E-state index is 13.1. The zero-order valence-corrected chi connectivity index (χ0v) is 14.0. The molecule has 1 aromatic heterocycles. The predicted molar refractivity (Wildman–Crippen MR) is 88.8 cm³/mol. The molecule has 3 rings (SSSR count). The van der Waals surface area contributed by atoms with Crippen LogP contribution in [0.5, 0.6) is 0 Å². The molecule has 0 aliphatic carbocycles. The van der Waals surface area contributed by atoms with Crippen LogP contribution >= 0.6 is 11.6 Å². The number of carbonyl (C=O) groups is 1. The number of hydrogen-bond donors (Lipinski definition) is 1. The van der Waals surface area contributed by atoms with E-state index in [4.69, 9.17) is 11.6 Å². The summed E-state index contributed by atoms with van der Waals surface area (Å²) in [5.41, 5.74) is 0.234. The van der Waals surface area contributed by atoms with Crippen molar-refractivity contribution in [1.29, 1.82) is 0 Å². The molecule has 0 aliphatic heterocycles. The second kappa shape index (κ2) is 7.44. The van der Waals surface area contributed by atoms with Crippen molar-refractivity contribution in [2.75, 3.05) is 0 Å². The van der Waals surface area contributed by atoms with Crippen LogP contribution in [0.25, 0.3) is 5.69 Å². The van der Waals surface area contributed by atoms with Crippen LogP contribution in [0.2, 0.25) is 5.02 Å². The number of nitrogens with zero attached hydrogens (tertiary/aromatic N) is 4. The Kier molecular flexibility index (Phi) is 5.08. The molecule has 0 atom stereocenters. The van der Waals surface area contributed by atoms with Gasteiger partial charge < -0.3 is 5.32 Å². The van der Waals surface area contributed by atoms with Crippen LogP contribution in [0.1, 0.15) is 5.56 Å². The lowest BCUT2D eigenvalue weighted by Crippen LogP contribution is -2.33. The number of aromatic nitrogens is 4. The van der Waals surface area contributed by atoms with Gasteiger partial charge in [-0.05, 0) is 52.4 Å². The Morgan fingerprint density at radius 3 is 2.50 bits per heavy atom. The van der Waals surface area contributed by atoms with Crippen molar-refractivity contribution in [1.82, 2.24) is 25.1 Å². The van der Waals surface area contributed by atoms with Crippen molar-refractivity contribution in [2.24, 2.45) is 0 Å². The molecule has 0 saturated heterocycles. The normalized spacial score (nSPS) is 10.7. The van der Waals surface area contributed by atoms with E-state index < -0.39 is 23.2 Å². The highest BCUT2D eigenvalue weighted by Crippen LogP contribution is 2.11. The molecule has 10 heteroatoms. The zero-order valence-electron chi connectivity index (χ0n) is 13.2. The molecular weight excluding hydrogens is 368 g/mol. The van der Waals surface area contributed by atoms with Crippen LogP contribution < -0.4 is 11.0 Å². The van der Waals surface area contributed by atoms with E-state index in [0.29, 0.717) is 16.3 Å². The monoisotopic (exact) mass is 379 g/mol. The van der Waals surface area contributed by atoms with Crippen molar-refractivity contribution >= 4 is 17.5 Å². The summed E-state index contributed by atoms with van der Waals surface area (Å²) in [7, 11) is 0. The highest BCUT2D eigenvalue weighted by atomic mass is 35.5. The van der Waals surface area contributed by atoms with Gasteiger partial charge >= 0.3 is 5.69 Å². The Balaban J connectivity index is 1.65. The second-order valence-electron chi connectivity index (χ2n) is 5.33. The van der Waals surface area contributed by atoms with E-state index in [1.165, 1.54) is 6.07 Å². The summed E-state index contributed by atoms with van der Waals surface area (Å²) < 4.78 is 27.9. The molecule has 0 bridgehead atoms. The molecule has 134 valence electrons.